The van der Waals surface area contributed by atoms with E-state index in [1.54, 1.807) is 25.1 Å². The van der Waals surface area contributed by atoms with Crippen LogP contribution in [-0.2, 0) is 16.1 Å². The van der Waals surface area contributed by atoms with Crippen LogP contribution in [0.2, 0.25) is 5.02 Å². The Kier molecular flexibility index (Phi) is 11.0. The standard InChI is InChI=1S/C27H32ClN5O8/c1-4-6-21(16-7-9-20(26(35)36)22(13-16)33(38)39)30-27(37)32-15-24(31-41-5-2)29-14-18(25(32)34)11-17-12-19(28)8-10-23(17)40-3/h7-10,12-13,18,21H,4-6,11,14-15H2,1-3H3,(H,29,31)(H,30,37)(H,35,36)/t18-,21+/m0/s1. The van der Waals surface area contributed by atoms with Crippen molar-refractivity contribution in [3.63, 3.8) is 0 Å². The number of carbonyl (C=O) groups is 3. The van der Waals surface area contributed by atoms with Crippen molar-refractivity contribution in [1.29, 1.82) is 0 Å². The molecule has 3 amide bonds. The van der Waals surface area contributed by atoms with Gasteiger partial charge in [-0.05, 0) is 55.2 Å². The van der Waals surface area contributed by atoms with Crippen LogP contribution < -0.4 is 15.5 Å². The maximum absolute atomic E-state index is 13.7. The molecule has 2 aromatic rings. The lowest BCUT2D eigenvalue weighted by molar-refractivity contribution is -0.385. The molecule has 3 rings (SSSR count). The summed E-state index contributed by atoms with van der Waals surface area (Å²) in [5, 5.41) is 24.1. The summed E-state index contributed by atoms with van der Waals surface area (Å²) in [6.07, 6.45) is 1.15. The third kappa shape index (κ3) is 7.92. The van der Waals surface area contributed by atoms with E-state index in [9.17, 15) is 29.6 Å². The Morgan fingerprint density at radius 3 is 2.66 bits per heavy atom. The van der Waals surface area contributed by atoms with Crippen LogP contribution in [0, 0.1) is 16.0 Å². The van der Waals surface area contributed by atoms with Crippen LogP contribution in [0.15, 0.2) is 41.4 Å². The highest BCUT2D eigenvalue weighted by atomic mass is 35.5. The van der Waals surface area contributed by atoms with E-state index in [0.717, 1.165) is 17.0 Å². The van der Waals surface area contributed by atoms with Crippen molar-refractivity contribution in [3.05, 3.63) is 68.2 Å². The molecule has 0 fully saturated rings. The minimum atomic E-state index is -1.44. The fourth-order valence-corrected chi connectivity index (χ4v) is 4.64. The summed E-state index contributed by atoms with van der Waals surface area (Å²) in [7, 11) is 1.50. The Bertz CT molecular complexity index is 1330. The first kappa shape index (κ1) is 31.3. The molecule has 13 nitrogen and oxygen atoms in total. The van der Waals surface area contributed by atoms with E-state index in [1.165, 1.54) is 13.2 Å². The van der Waals surface area contributed by atoms with Crippen LogP contribution in [0.3, 0.4) is 0 Å². The second kappa shape index (κ2) is 14.4. The van der Waals surface area contributed by atoms with E-state index >= 15 is 0 Å². The summed E-state index contributed by atoms with van der Waals surface area (Å²) >= 11 is 6.18. The number of hydroxylamine groups is 1. The fraction of sp³-hybridized carbons (Fsp3) is 0.407. The summed E-state index contributed by atoms with van der Waals surface area (Å²) in [5.74, 6) is -1.87. The number of aromatic carboxylic acids is 1. The van der Waals surface area contributed by atoms with Crippen molar-refractivity contribution in [3.8, 4) is 5.75 Å². The number of nitro groups is 1. The van der Waals surface area contributed by atoms with Crippen LogP contribution in [0.1, 0.15) is 54.2 Å². The monoisotopic (exact) mass is 589 g/mol. The number of carbonyl (C=O) groups excluding carboxylic acids is 2. The van der Waals surface area contributed by atoms with Crippen LogP contribution in [0.4, 0.5) is 10.5 Å². The zero-order valence-electron chi connectivity index (χ0n) is 22.9. The number of nitrogens with one attached hydrogen (secondary N) is 2. The van der Waals surface area contributed by atoms with Crippen molar-refractivity contribution in [2.75, 3.05) is 26.8 Å². The number of hydrogen-bond donors (Lipinski definition) is 3. The van der Waals surface area contributed by atoms with Gasteiger partial charge in [-0.2, -0.15) is 0 Å². The lowest BCUT2D eigenvalue weighted by Crippen LogP contribution is -2.50. The molecule has 1 aliphatic rings. The number of urea groups is 1. The first-order valence-corrected chi connectivity index (χ1v) is 13.3. The van der Waals surface area contributed by atoms with Gasteiger partial charge in [-0.15, -0.1) is 0 Å². The largest absolute Gasteiger partial charge is 0.496 e. The topological polar surface area (TPSA) is 173 Å². The van der Waals surface area contributed by atoms with Crippen LogP contribution >= 0.6 is 11.6 Å². The molecular formula is C27H32ClN5O8. The van der Waals surface area contributed by atoms with Crippen molar-refractivity contribution in [1.82, 2.24) is 15.7 Å². The molecule has 0 saturated heterocycles. The van der Waals surface area contributed by atoms with Crippen molar-refractivity contribution >= 4 is 41.0 Å². The maximum Gasteiger partial charge on any atom is 0.342 e. The number of methoxy groups -OCH3 is 1. The van der Waals surface area contributed by atoms with E-state index in [0.29, 0.717) is 41.3 Å². The summed E-state index contributed by atoms with van der Waals surface area (Å²) in [4.78, 5) is 60.3. The van der Waals surface area contributed by atoms with Gasteiger partial charge in [-0.25, -0.2) is 9.59 Å². The van der Waals surface area contributed by atoms with E-state index < -0.39 is 46.0 Å². The second-order valence-corrected chi connectivity index (χ2v) is 9.67. The van der Waals surface area contributed by atoms with Gasteiger partial charge < -0.3 is 15.2 Å². The fourth-order valence-electron chi connectivity index (χ4n) is 4.45. The number of nitro benzene ring substituents is 1. The van der Waals surface area contributed by atoms with Gasteiger partial charge in [0.15, 0.2) is 0 Å². The Balaban J connectivity index is 1.93. The van der Waals surface area contributed by atoms with E-state index in [-0.39, 0.29) is 25.3 Å². The first-order valence-electron chi connectivity index (χ1n) is 13.0. The first-order chi connectivity index (χ1) is 19.6. The van der Waals surface area contributed by atoms with Crippen molar-refractivity contribution in [2.45, 2.75) is 39.2 Å². The van der Waals surface area contributed by atoms with Gasteiger partial charge in [0.05, 0.1) is 43.7 Å². The minimum Gasteiger partial charge on any atom is -0.496 e. The third-order valence-corrected chi connectivity index (χ3v) is 6.68. The molecule has 1 aliphatic heterocycles. The predicted octanol–water partition coefficient (Wildman–Crippen LogP) is 4.15. The number of amidine groups is 1. The van der Waals surface area contributed by atoms with Gasteiger partial charge in [0.2, 0.25) is 5.91 Å². The van der Waals surface area contributed by atoms with Crippen molar-refractivity contribution < 1.29 is 34.0 Å². The van der Waals surface area contributed by atoms with E-state index in [4.69, 9.17) is 21.2 Å². The molecule has 0 aromatic heterocycles. The molecule has 0 bridgehead atoms. The average Bonchev–Trinajstić information content (AvgIpc) is 3.10. The minimum absolute atomic E-state index is 0.0644. The van der Waals surface area contributed by atoms with Gasteiger partial charge in [-0.3, -0.25) is 35.1 Å². The summed E-state index contributed by atoms with van der Waals surface area (Å²) in [6.45, 7) is 3.80. The average molecular weight is 590 g/mol. The molecular weight excluding hydrogens is 558 g/mol. The highest BCUT2D eigenvalue weighted by Gasteiger charge is 2.34. The number of nitrogens with zero attached hydrogens (tertiary/aromatic N) is 3. The molecule has 2 aromatic carbocycles. The lowest BCUT2D eigenvalue weighted by atomic mass is 9.97. The lowest BCUT2D eigenvalue weighted by Gasteiger charge is -2.27. The number of amides is 3. The van der Waals surface area contributed by atoms with Crippen LogP contribution in [0.5, 0.6) is 5.75 Å². The van der Waals surface area contributed by atoms with Gasteiger partial charge >= 0.3 is 12.0 Å². The molecule has 0 saturated carbocycles. The highest BCUT2D eigenvalue weighted by molar-refractivity contribution is 6.30. The smallest absolute Gasteiger partial charge is 0.342 e. The second-order valence-electron chi connectivity index (χ2n) is 9.23. The quantitative estimate of drug-likeness (QED) is 0.257. The number of hydrogen-bond acceptors (Lipinski definition) is 9. The molecule has 0 unspecified atom stereocenters. The highest BCUT2D eigenvalue weighted by Crippen LogP contribution is 2.29. The number of rotatable bonds is 11. The Morgan fingerprint density at radius 1 is 1.27 bits per heavy atom. The Hall–Kier alpha value is -4.23. The summed E-state index contributed by atoms with van der Waals surface area (Å²) in [6, 6.07) is 7.25. The van der Waals surface area contributed by atoms with Crippen LogP contribution in [-0.4, -0.2) is 65.5 Å². The number of imide groups is 1. The normalized spacial score (nSPS) is 15.9. The Labute approximate surface area is 241 Å². The molecule has 3 N–H and O–H groups in total. The molecule has 0 radical (unpaired) electrons. The summed E-state index contributed by atoms with van der Waals surface area (Å²) < 4.78 is 5.42. The van der Waals surface area contributed by atoms with Gasteiger partial charge in [0.1, 0.15) is 17.1 Å². The van der Waals surface area contributed by atoms with E-state index in [2.05, 4.69) is 15.8 Å². The summed E-state index contributed by atoms with van der Waals surface area (Å²) in [5.41, 5.74) is 2.62. The van der Waals surface area contributed by atoms with Gasteiger partial charge in [0, 0.05) is 11.1 Å². The molecule has 1 heterocycles. The maximum atomic E-state index is 13.7. The SMILES string of the molecule is CCC[C@@H](NC(=O)N1CC(NOCC)=NC[C@H](Cc2cc(Cl)ccc2OC)C1=O)c1ccc(C(=O)O)c([N+](=O)[O-])c1. The molecule has 2 atom stereocenters. The number of halogens is 1. The molecule has 41 heavy (non-hydrogen) atoms. The molecule has 0 spiro atoms. The van der Waals surface area contributed by atoms with Crippen molar-refractivity contribution in [2.24, 2.45) is 10.9 Å². The number of ether oxygens (including phenoxy) is 1. The van der Waals surface area contributed by atoms with Gasteiger partial charge in [-0.1, -0.05) is 31.0 Å². The predicted molar refractivity (Wildman–Crippen MR) is 150 cm³/mol. The van der Waals surface area contributed by atoms with E-state index in [1.807, 2.05) is 6.92 Å². The zero-order valence-corrected chi connectivity index (χ0v) is 23.6. The molecule has 14 heteroatoms. The van der Waals surface area contributed by atoms with Gasteiger partial charge in [0.25, 0.3) is 5.69 Å². The number of carboxylic acids is 1. The number of benzene rings is 2. The number of aliphatic imine (C=N–C) groups is 1. The third-order valence-electron chi connectivity index (χ3n) is 6.44. The molecule has 0 aliphatic carbocycles. The number of carboxylic acid groups (broad SMARTS) is 1. The molecule has 220 valence electrons. The Morgan fingerprint density at radius 2 is 2.02 bits per heavy atom. The zero-order chi connectivity index (χ0) is 30.1. The van der Waals surface area contributed by atoms with Crippen LogP contribution in [0.25, 0.3) is 0 Å².